The smallest absolute Gasteiger partial charge is 0.236 e. The highest BCUT2D eigenvalue weighted by Crippen LogP contribution is 2.21. The van der Waals surface area contributed by atoms with Crippen molar-refractivity contribution in [3.63, 3.8) is 0 Å². The molecule has 2 atom stereocenters. The molecular formula is C15H21ClN2O2. The van der Waals surface area contributed by atoms with E-state index in [1.165, 1.54) is 0 Å². The molecule has 1 heterocycles. The lowest BCUT2D eigenvalue weighted by atomic mass is 10.1. The van der Waals surface area contributed by atoms with Gasteiger partial charge in [-0.1, -0.05) is 29.8 Å². The molecule has 1 aromatic carbocycles. The van der Waals surface area contributed by atoms with Crippen molar-refractivity contribution in [1.29, 1.82) is 0 Å². The van der Waals surface area contributed by atoms with Crippen LogP contribution in [0.1, 0.15) is 25.5 Å². The second-order valence-corrected chi connectivity index (χ2v) is 5.55. The number of ether oxygens (including phenoxy) is 1. The average molecular weight is 297 g/mol. The SMILES string of the molecule is CC1CN(C(=O)CNC(C)c2ccccc2Cl)CCO1. The van der Waals surface area contributed by atoms with Gasteiger partial charge in [0.25, 0.3) is 0 Å². The number of nitrogens with zero attached hydrogens (tertiary/aromatic N) is 1. The molecule has 1 aromatic rings. The molecule has 0 saturated carbocycles. The van der Waals surface area contributed by atoms with E-state index in [9.17, 15) is 4.79 Å². The topological polar surface area (TPSA) is 41.6 Å². The Morgan fingerprint density at radius 1 is 1.55 bits per heavy atom. The summed E-state index contributed by atoms with van der Waals surface area (Å²) in [4.78, 5) is 14.0. The van der Waals surface area contributed by atoms with Crippen molar-refractivity contribution in [3.05, 3.63) is 34.9 Å². The third-order valence-corrected chi connectivity index (χ3v) is 3.87. The van der Waals surface area contributed by atoms with E-state index in [4.69, 9.17) is 16.3 Å². The van der Waals surface area contributed by atoms with Gasteiger partial charge in [-0.05, 0) is 25.5 Å². The molecule has 1 fully saturated rings. The Morgan fingerprint density at radius 2 is 2.30 bits per heavy atom. The lowest BCUT2D eigenvalue weighted by Crippen LogP contribution is -2.47. The Balaban J connectivity index is 1.85. The Bertz CT molecular complexity index is 467. The van der Waals surface area contributed by atoms with Gasteiger partial charge in [-0.3, -0.25) is 4.79 Å². The van der Waals surface area contributed by atoms with Crippen LogP contribution in [0.3, 0.4) is 0 Å². The Hall–Kier alpha value is -1.10. The quantitative estimate of drug-likeness (QED) is 0.926. The van der Waals surface area contributed by atoms with Gasteiger partial charge in [0.15, 0.2) is 0 Å². The molecule has 1 aliphatic heterocycles. The number of rotatable bonds is 4. The van der Waals surface area contributed by atoms with Crippen molar-refractivity contribution in [2.45, 2.75) is 26.0 Å². The minimum Gasteiger partial charge on any atom is -0.375 e. The number of benzene rings is 1. The maximum absolute atomic E-state index is 12.1. The summed E-state index contributed by atoms with van der Waals surface area (Å²) in [6.45, 7) is 6.27. The number of halogens is 1. The van der Waals surface area contributed by atoms with Crippen LogP contribution in [-0.2, 0) is 9.53 Å². The van der Waals surface area contributed by atoms with Crippen molar-refractivity contribution in [2.75, 3.05) is 26.2 Å². The van der Waals surface area contributed by atoms with Crippen molar-refractivity contribution in [1.82, 2.24) is 10.2 Å². The minimum absolute atomic E-state index is 0.0473. The molecule has 2 rings (SSSR count). The number of morpholine rings is 1. The van der Waals surface area contributed by atoms with E-state index in [1.807, 2.05) is 43.0 Å². The lowest BCUT2D eigenvalue weighted by molar-refractivity contribution is -0.137. The zero-order valence-corrected chi connectivity index (χ0v) is 12.7. The van der Waals surface area contributed by atoms with Crippen LogP contribution >= 0.6 is 11.6 Å². The zero-order valence-electron chi connectivity index (χ0n) is 11.9. The van der Waals surface area contributed by atoms with Crippen molar-refractivity contribution in [3.8, 4) is 0 Å². The predicted molar refractivity (Wildman–Crippen MR) is 79.9 cm³/mol. The molecule has 0 spiro atoms. The molecule has 110 valence electrons. The molecule has 20 heavy (non-hydrogen) atoms. The van der Waals surface area contributed by atoms with Gasteiger partial charge in [-0.15, -0.1) is 0 Å². The zero-order chi connectivity index (χ0) is 14.5. The Morgan fingerprint density at radius 3 is 3.00 bits per heavy atom. The third kappa shape index (κ3) is 3.95. The third-order valence-electron chi connectivity index (χ3n) is 3.52. The number of hydrogen-bond donors (Lipinski definition) is 1. The normalized spacial score (nSPS) is 20.8. The maximum Gasteiger partial charge on any atom is 0.236 e. The van der Waals surface area contributed by atoms with E-state index in [1.54, 1.807) is 0 Å². The highest BCUT2D eigenvalue weighted by Gasteiger charge is 2.21. The summed E-state index contributed by atoms with van der Waals surface area (Å²) >= 11 is 6.15. The fraction of sp³-hybridized carbons (Fsp3) is 0.533. The summed E-state index contributed by atoms with van der Waals surface area (Å²) < 4.78 is 5.44. The monoisotopic (exact) mass is 296 g/mol. The van der Waals surface area contributed by atoms with Crippen LogP contribution in [-0.4, -0.2) is 43.2 Å². The van der Waals surface area contributed by atoms with Crippen molar-refractivity contribution >= 4 is 17.5 Å². The molecule has 2 unspecified atom stereocenters. The number of carbonyl (C=O) groups is 1. The summed E-state index contributed by atoms with van der Waals surface area (Å²) in [6.07, 6.45) is 0.119. The summed E-state index contributed by atoms with van der Waals surface area (Å²) in [5.74, 6) is 0.110. The summed E-state index contributed by atoms with van der Waals surface area (Å²) in [5.41, 5.74) is 1.01. The van der Waals surface area contributed by atoms with Gasteiger partial charge in [-0.25, -0.2) is 0 Å². The van der Waals surface area contributed by atoms with Crippen LogP contribution in [0, 0.1) is 0 Å². The molecule has 1 saturated heterocycles. The van der Waals surface area contributed by atoms with E-state index in [0.29, 0.717) is 26.2 Å². The van der Waals surface area contributed by atoms with Gasteiger partial charge in [0.2, 0.25) is 5.91 Å². The number of nitrogens with one attached hydrogen (secondary N) is 1. The van der Waals surface area contributed by atoms with Crippen LogP contribution in [0.15, 0.2) is 24.3 Å². The summed E-state index contributed by atoms with van der Waals surface area (Å²) in [5, 5.41) is 3.96. The number of amides is 1. The fourth-order valence-corrected chi connectivity index (χ4v) is 2.63. The average Bonchev–Trinajstić information content (AvgIpc) is 2.45. The van der Waals surface area contributed by atoms with Crippen LogP contribution in [0.5, 0.6) is 0 Å². The predicted octanol–water partition coefficient (Wildman–Crippen LogP) is 2.24. The molecule has 1 N–H and O–H groups in total. The van der Waals surface area contributed by atoms with E-state index in [-0.39, 0.29) is 18.1 Å². The summed E-state index contributed by atoms with van der Waals surface area (Å²) in [7, 11) is 0. The molecule has 0 radical (unpaired) electrons. The van der Waals surface area contributed by atoms with Crippen LogP contribution in [0.4, 0.5) is 0 Å². The molecule has 1 aliphatic rings. The van der Waals surface area contributed by atoms with E-state index in [2.05, 4.69) is 5.32 Å². The highest BCUT2D eigenvalue weighted by molar-refractivity contribution is 6.31. The van der Waals surface area contributed by atoms with Gasteiger partial charge in [0, 0.05) is 24.2 Å². The molecule has 0 aliphatic carbocycles. The molecule has 1 amide bonds. The standard InChI is InChI=1S/C15H21ClN2O2/c1-11-10-18(7-8-20-11)15(19)9-17-12(2)13-5-3-4-6-14(13)16/h3-6,11-12,17H,7-10H2,1-2H3. The van der Waals surface area contributed by atoms with Gasteiger partial charge < -0.3 is 15.0 Å². The second kappa shape index (κ2) is 7.07. The number of carbonyl (C=O) groups excluding carboxylic acids is 1. The Labute approximate surface area is 125 Å². The highest BCUT2D eigenvalue weighted by atomic mass is 35.5. The van der Waals surface area contributed by atoms with Crippen LogP contribution in [0.2, 0.25) is 5.02 Å². The maximum atomic E-state index is 12.1. The van der Waals surface area contributed by atoms with Crippen LogP contribution < -0.4 is 5.32 Å². The van der Waals surface area contributed by atoms with Gasteiger partial charge in [-0.2, -0.15) is 0 Å². The lowest BCUT2D eigenvalue weighted by Gasteiger charge is -2.31. The molecular weight excluding hydrogens is 276 g/mol. The molecule has 0 bridgehead atoms. The first-order valence-corrected chi connectivity index (χ1v) is 7.33. The molecule has 5 heteroatoms. The van der Waals surface area contributed by atoms with Crippen molar-refractivity contribution in [2.24, 2.45) is 0 Å². The van der Waals surface area contributed by atoms with Gasteiger partial charge in [0.1, 0.15) is 0 Å². The fourth-order valence-electron chi connectivity index (χ4n) is 2.33. The van der Waals surface area contributed by atoms with E-state index < -0.39 is 0 Å². The number of hydrogen-bond acceptors (Lipinski definition) is 3. The van der Waals surface area contributed by atoms with E-state index >= 15 is 0 Å². The largest absolute Gasteiger partial charge is 0.375 e. The van der Waals surface area contributed by atoms with Crippen molar-refractivity contribution < 1.29 is 9.53 Å². The summed E-state index contributed by atoms with van der Waals surface area (Å²) in [6, 6.07) is 7.73. The van der Waals surface area contributed by atoms with Gasteiger partial charge in [0.05, 0.1) is 19.3 Å². The van der Waals surface area contributed by atoms with Crippen LogP contribution in [0.25, 0.3) is 0 Å². The molecule has 4 nitrogen and oxygen atoms in total. The Kier molecular flexibility index (Phi) is 5.40. The van der Waals surface area contributed by atoms with E-state index in [0.717, 1.165) is 10.6 Å². The second-order valence-electron chi connectivity index (χ2n) is 5.15. The first-order valence-electron chi connectivity index (χ1n) is 6.95. The first-order chi connectivity index (χ1) is 9.58. The molecule has 0 aromatic heterocycles. The van der Waals surface area contributed by atoms with Gasteiger partial charge >= 0.3 is 0 Å². The first kappa shape index (κ1) is 15.3. The minimum atomic E-state index is 0.0473.